The quantitative estimate of drug-likeness (QED) is 0.901. The van der Waals surface area contributed by atoms with Gasteiger partial charge in [0.25, 0.3) is 0 Å². The molecule has 6 nitrogen and oxygen atoms in total. The number of rotatable bonds is 3. The minimum Gasteiger partial charge on any atom is -0.493 e. The summed E-state index contributed by atoms with van der Waals surface area (Å²) in [5, 5.41) is 15.1. The first-order chi connectivity index (χ1) is 8.54. The van der Waals surface area contributed by atoms with Gasteiger partial charge in [-0.25, -0.2) is 4.79 Å². The first kappa shape index (κ1) is 12.6. The van der Waals surface area contributed by atoms with Crippen LogP contribution in [-0.4, -0.2) is 27.9 Å². The van der Waals surface area contributed by atoms with Crippen LogP contribution in [0.15, 0.2) is 21.4 Å². The lowest BCUT2D eigenvalue weighted by Crippen LogP contribution is -2.18. The van der Waals surface area contributed by atoms with Crippen molar-refractivity contribution in [3.05, 3.63) is 32.5 Å². The summed E-state index contributed by atoms with van der Waals surface area (Å²) in [5.41, 5.74) is -0.727. The lowest BCUT2D eigenvalue weighted by atomic mass is 10.2. The first-order valence-corrected chi connectivity index (χ1v) is 5.92. The highest BCUT2D eigenvalue weighted by Crippen LogP contribution is 2.28. The molecule has 1 aromatic heterocycles. The molecule has 1 heterocycles. The lowest BCUT2D eigenvalue weighted by Gasteiger charge is -2.07. The first-order valence-electron chi connectivity index (χ1n) is 5.12. The SMILES string of the molecule is CCOc1cc2[nH]nc(C(=O)O)c(=O)c2cc1Br. The molecule has 94 valence electrons. The number of H-pyrrole nitrogens is 1. The van der Waals surface area contributed by atoms with Crippen molar-refractivity contribution >= 4 is 32.8 Å². The van der Waals surface area contributed by atoms with E-state index in [1.807, 2.05) is 6.92 Å². The van der Waals surface area contributed by atoms with Gasteiger partial charge >= 0.3 is 5.97 Å². The standard InChI is InChI=1S/C11H9BrN2O4/c1-2-18-8-4-7-5(3-6(8)12)10(15)9(11(16)17)14-13-7/h3-4H,2H2,1H3,(H,13,15)(H,16,17). The van der Waals surface area contributed by atoms with E-state index >= 15 is 0 Å². The van der Waals surface area contributed by atoms with Crippen LogP contribution >= 0.6 is 15.9 Å². The van der Waals surface area contributed by atoms with Crippen molar-refractivity contribution in [1.82, 2.24) is 10.2 Å². The van der Waals surface area contributed by atoms with Gasteiger partial charge in [0.05, 0.1) is 22.0 Å². The molecular weight excluding hydrogens is 304 g/mol. The number of halogens is 1. The zero-order valence-electron chi connectivity index (χ0n) is 9.36. The molecule has 0 aliphatic heterocycles. The minimum absolute atomic E-state index is 0.248. The Kier molecular flexibility index (Phi) is 3.33. The summed E-state index contributed by atoms with van der Waals surface area (Å²) < 4.78 is 5.94. The Labute approximate surface area is 110 Å². The van der Waals surface area contributed by atoms with Crippen LogP contribution < -0.4 is 10.2 Å². The molecule has 2 aromatic rings. The average Bonchev–Trinajstić information content (AvgIpc) is 2.31. The van der Waals surface area contributed by atoms with Gasteiger partial charge in [-0.15, -0.1) is 0 Å². The predicted molar refractivity (Wildman–Crippen MR) is 68.2 cm³/mol. The predicted octanol–water partition coefficient (Wildman–Crippen LogP) is 1.78. The normalized spacial score (nSPS) is 10.6. The molecule has 7 heteroatoms. The van der Waals surface area contributed by atoms with Crippen LogP contribution in [0.5, 0.6) is 5.75 Å². The van der Waals surface area contributed by atoms with E-state index in [1.54, 1.807) is 6.07 Å². The summed E-state index contributed by atoms with van der Waals surface area (Å²) >= 11 is 3.27. The third kappa shape index (κ3) is 2.08. The highest BCUT2D eigenvalue weighted by Gasteiger charge is 2.15. The molecule has 0 saturated carbocycles. The van der Waals surface area contributed by atoms with Crippen molar-refractivity contribution in [2.45, 2.75) is 6.92 Å². The molecule has 2 N–H and O–H groups in total. The van der Waals surface area contributed by atoms with Crippen molar-refractivity contribution in [1.29, 1.82) is 0 Å². The van der Waals surface area contributed by atoms with E-state index in [2.05, 4.69) is 26.1 Å². The van der Waals surface area contributed by atoms with Crippen LogP contribution in [-0.2, 0) is 0 Å². The van der Waals surface area contributed by atoms with E-state index in [-0.39, 0.29) is 5.39 Å². The number of carboxylic acids is 1. The second-order valence-corrected chi connectivity index (χ2v) is 4.32. The number of nitrogens with zero attached hydrogens (tertiary/aromatic N) is 1. The van der Waals surface area contributed by atoms with E-state index in [0.29, 0.717) is 22.3 Å². The molecule has 0 aliphatic rings. The third-order valence-corrected chi connectivity index (χ3v) is 2.94. The number of carbonyl (C=O) groups is 1. The Morgan fingerprint density at radius 1 is 1.56 bits per heavy atom. The summed E-state index contributed by atoms with van der Waals surface area (Å²) in [6, 6.07) is 3.12. The Balaban J connectivity index is 2.73. The molecule has 0 unspecified atom stereocenters. The molecule has 0 saturated heterocycles. The summed E-state index contributed by atoms with van der Waals surface area (Å²) in [5.74, 6) is -0.798. The third-order valence-electron chi connectivity index (χ3n) is 2.32. The Bertz CT molecular complexity index is 681. The van der Waals surface area contributed by atoms with Crippen LogP contribution in [0.2, 0.25) is 0 Å². The summed E-state index contributed by atoms with van der Waals surface area (Å²) in [7, 11) is 0. The molecular formula is C11H9BrN2O4. The zero-order valence-corrected chi connectivity index (χ0v) is 10.9. The molecule has 0 spiro atoms. The molecule has 0 radical (unpaired) electrons. The molecule has 1 aromatic carbocycles. The van der Waals surface area contributed by atoms with Crippen molar-refractivity contribution in [3.63, 3.8) is 0 Å². The van der Waals surface area contributed by atoms with E-state index in [4.69, 9.17) is 9.84 Å². The van der Waals surface area contributed by atoms with Crippen LogP contribution in [0.4, 0.5) is 0 Å². The number of hydrogen-bond acceptors (Lipinski definition) is 4. The topological polar surface area (TPSA) is 92.3 Å². The van der Waals surface area contributed by atoms with Gasteiger partial charge in [-0.05, 0) is 28.9 Å². The highest BCUT2D eigenvalue weighted by atomic mass is 79.9. The average molecular weight is 313 g/mol. The number of ether oxygens (including phenoxy) is 1. The lowest BCUT2D eigenvalue weighted by molar-refractivity contribution is 0.0688. The van der Waals surface area contributed by atoms with Crippen LogP contribution in [0.25, 0.3) is 10.9 Å². The van der Waals surface area contributed by atoms with Crippen molar-refractivity contribution in [3.8, 4) is 5.75 Å². The number of benzene rings is 1. The second kappa shape index (κ2) is 4.77. The van der Waals surface area contributed by atoms with Crippen molar-refractivity contribution in [2.75, 3.05) is 6.61 Å². The number of hydrogen-bond donors (Lipinski definition) is 2. The van der Waals surface area contributed by atoms with Gasteiger partial charge in [-0.2, -0.15) is 5.10 Å². The largest absolute Gasteiger partial charge is 0.493 e. The van der Waals surface area contributed by atoms with Gasteiger partial charge in [0.1, 0.15) is 5.75 Å². The number of fused-ring (bicyclic) bond motifs is 1. The number of nitrogens with one attached hydrogen (secondary N) is 1. The highest BCUT2D eigenvalue weighted by molar-refractivity contribution is 9.10. The van der Waals surface area contributed by atoms with Crippen LogP contribution in [0.3, 0.4) is 0 Å². The molecule has 0 atom stereocenters. The molecule has 18 heavy (non-hydrogen) atoms. The number of aromatic carboxylic acids is 1. The maximum absolute atomic E-state index is 11.9. The van der Waals surface area contributed by atoms with E-state index in [0.717, 1.165) is 0 Å². The van der Waals surface area contributed by atoms with Crippen molar-refractivity contribution < 1.29 is 14.6 Å². The fourth-order valence-corrected chi connectivity index (χ4v) is 2.00. The van der Waals surface area contributed by atoms with Crippen LogP contribution in [0, 0.1) is 0 Å². The monoisotopic (exact) mass is 312 g/mol. The molecule has 2 rings (SSSR count). The molecule has 0 amide bonds. The van der Waals surface area contributed by atoms with Gasteiger partial charge < -0.3 is 9.84 Å². The Morgan fingerprint density at radius 3 is 2.89 bits per heavy atom. The fraction of sp³-hybridized carbons (Fsp3) is 0.182. The molecule has 0 bridgehead atoms. The molecule has 0 fully saturated rings. The number of aromatic nitrogens is 2. The zero-order chi connectivity index (χ0) is 13.3. The van der Waals surface area contributed by atoms with E-state index in [1.165, 1.54) is 6.07 Å². The van der Waals surface area contributed by atoms with Crippen LogP contribution in [0.1, 0.15) is 17.4 Å². The minimum atomic E-state index is -1.36. The summed E-state index contributed by atoms with van der Waals surface area (Å²) in [6.45, 7) is 2.32. The van der Waals surface area contributed by atoms with E-state index in [9.17, 15) is 9.59 Å². The fourth-order valence-electron chi connectivity index (χ4n) is 1.54. The van der Waals surface area contributed by atoms with E-state index < -0.39 is 17.1 Å². The van der Waals surface area contributed by atoms with Gasteiger partial charge in [0.15, 0.2) is 0 Å². The number of aromatic amines is 1. The Hall–Kier alpha value is -1.89. The smallest absolute Gasteiger partial charge is 0.360 e. The summed E-state index contributed by atoms with van der Waals surface area (Å²) in [4.78, 5) is 22.7. The van der Waals surface area contributed by atoms with Gasteiger partial charge in [0, 0.05) is 6.07 Å². The maximum atomic E-state index is 11.9. The van der Waals surface area contributed by atoms with Gasteiger partial charge in [0.2, 0.25) is 11.1 Å². The van der Waals surface area contributed by atoms with Gasteiger partial charge in [-0.3, -0.25) is 9.89 Å². The summed E-state index contributed by atoms with van der Waals surface area (Å²) in [6.07, 6.45) is 0. The molecule has 0 aliphatic carbocycles. The van der Waals surface area contributed by atoms with Crippen molar-refractivity contribution in [2.24, 2.45) is 0 Å². The maximum Gasteiger partial charge on any atom is 0.360 e. The second-order valence-electron chi connectivity index (χ2n) is 3.47. The number of carboxylic acid groups (broad SMARTS) is 1. The Morgan fingerprint density at radius 2 is 2.28 bits per heavy atom. The van der Waals surface area contributed by atoms with Gasteiger partial charge in [-0.1, -0.05) is 0 Å².